The van der Waals surface area contributed by atoms with Crippen LogP contribution < -0.4 is 10.9 Å². The van der Waals surface area contributed by atoms with Crippen LogP contribution in [0.5, 0.6) is 0 Å². The highest BCUT2D eigenvalue weighted by molar-refractivity contribution is 6.46. The van der Waals surface area contributed by atoms with E-state index >= 15 is 0 Å². The first-order valence-corrected chi connectivity index (χ1v) is 22.9. The molecule has 66 heavy (non-hydrogen) atoms. The van der Waals surface area contributed by atoms with E-state index in [0.29, 0.717) is 0 Å². The maximum atomic E-state index is 13.7. The topological polar surface area (TPSA) is 22.0 Å². The maximum Gasteiger partial charge on any atom is 0.258 e. The highest BCUT2D eigenvalue weighted by Crippen LogP contribution is 2.61. The summed E-state index contributed by atoms with van der Waals surface area (Å²) in [6, 6.07) is 68.1. The number of hydrogen-bond acceptors (Lipinski definition) is 1. The van der Waals surface area contributed by atoms with Crippen LogP contribution in [0.3, 0.4) is 0 Å². The molecule has 1 aliphatic carbocycles. The minimum absolute atomic E-state index is 0.00299. The Morgan fingerprint density at radius 3 is 1.02 bits per heavy atom. The molecule has 2 nitrogen and oxygen atoms in total. The normalized spacial score (nSPS) is 12.7. The molecule has 0 atom stereocenters. The van der Waals surface area contributed by atoms with Crippen molar-refractivity contribution < 1.29 is 0 Å². The van der Waals surface area contributed by atoms with Crippen molar-refractivity contribution in [1.82, 2.24) is 4.57 Å². The molecule has 0 saturated heterocycles. The zero-order valence-electron chi connectivity index (χ0n) is 35.9. The van der Waals surface area contributed by atoms with E-state index in [1.165, 1.54) is 141 Å². The van der Waals surface area contributed by atoms with Crippen LogP contribution in [-0.2, 0) is 7.05 Å². The molecule has 0 saturated carbocycles. The molecule has 0 unspecified atom stereocenters. The first-order chi connectivity index (χ1) is 32.6. The van der Waals surface area contributed by atoms with E-state index in [1.807, 2.05) is 13.1 Å². The molecule has 0 bridgehead atoms. The van der Waals surface area contributed by atoms with Gasteiger partial charge in [0.15, 0.2) is 0 Å². The van der Waals surface area contributed by atoms with Crippen molar-refractivity contribution in [3.05, 3.63) is 198 Å². The largest absolute Gasteiger partial charge is 0.311 e. The second-order valence-electron chi connectivity index (χ2n) is 18.6. The maximum absolute atomic E-state index is 13.7. The quantitative estimate of drug-likeness (QED) is 0.126. The van der Waals surface area contributed by atoms with E-state index < -0.39 is 0 Å². The summed E-state index contributed by atoms with van der Waals surface area (Å²) in [6.45, 7) is 4.35. The monoisotopic (exact) mass is 833 g/mol. The number of pyridine rings is 1. The first-order valence-electron chi connectivity index (χ1n) is 22.9. The van der Waals surface area contributed by atoms with Crippen molar-refractivity contribution in [1.29, 1.82) is 0 Å². The molecule has 1 heterocycles. The Kier molecular flexibility index (Phi) is 6.31. The Hall–Kier alpha value is -8.59. The van der Waals surface area contributed by atoms with Gasteiger partial charge in [-0.25, -0.2) is 0 Å². The van der Waals surface area contributed by atoms with E-state index in [0.717, 1.165) is 26.9 Å². The molecule has 0 aliphatic heterocycles. The minimum Gasteiger partial charge on any atom is -0.311 e. The highest BCUT2D eigenvalue weighted by Gasteiger charge is 2.34. The highest BCUT2D eigenvalue weighted by atomic mass is 16.1. The lowest BCUT2D eigenvalue weighted by Gasteiger charge is -2.23. The van der Waals surface area contributed by atoms with E-state index in [-0.39, 0.29) is 5.56 Å². The van der Waals surface area contributed by atoms with E-state index in [4.69, 9.17) is 0 Å². The number of hydrogen-bond donors (Lipinski definition) is 0. The fourth-order valence-electron chi connectivity index (χ4n) is 13.1. The average Bonchev–Trinajstić information content (AvgIpc) is 3.71. The van der Waals surface area contributed by atoms with Crippen LogP contribution in [-0.4, -0.2) is 4.57 Å². The van der Waals surface area contributed by atoms with Crippen LogP contribution in [0.1, 0.15) is 0 Å². The average molecular weight is 834 g/mol. The lowest BCUT2D eigenvalue weighted by atomic mass is 9.79. The number of fused-ring (bicyclic) bond motifs is 13. The van der Waals surface area contributed by atoms with E-state index in [9.17, 15) is 4.79 Å². The third kappa shape index (κ3) is 3.96. The molecule has 16 rings (SSSR count). The summed E-state index contributed by atoms with van der Waals surface area (Å²) in [5, 5.41) is 27.5. The number of aromatic nitrogens is 1. The summed E-state index contributed by atoms with van der Waals surface area (Å²) >= 11 is 0. The summed E-state index contributed by atoms with van der Waals surface area (Å²) < 4.78 is 1.68. The minimum atomic E-state index is -0.00299. The summed E-state index contributed by atoms with van der Waals surface area (Å²) in [5.41, 5.74) is 10.2. The van der Waals surface area contributed by atoms with Crippen LogP contribution in [0.2, 0.25) is 0 Å². The second-order valence-corrected chi connectivity index (χ2v) is 18.6. The Balaban J connectivity index is 1.10. The zero-order valence-corrected chi connectivity index (χ0v) is 35.9. The SMILES string of the molecule is C=c1c2ccc3c4ccc5c6ccc7c8c(ccc(c9ccc(c%10ccc(c(=O)n1C)c2c3%10)c4c59)c86)-c1c-7c(-c2ccccc2)c2c3ccccc3c3ccccc3c2c1-c1ccccc1. The molecule has 15 aromatic rings. The Labute approximate surface area is 377 Å². The molecule has 1 aromatic heterocycles. The van der Waals surface area contributed by atoms with Crippen LogP contribution in [0, 0.1) is 0 Å². The molecule has 0 spiro atoms. The van der Waals surface area contributed by atoms with Crippen LogP contribution in [0.4, 0.5) is 0 Å². The van der Waals surface area contributed by atoms with Gasteiger partial charge in [0.1, 0.15) is 0 Å². The molecule has 1 aliphatic rings. The molecule has 2 heteroatoms. The number of benzene rings is 14. The predicted molar refractivity (Wildman–Crippen MR) is 283 cm³/mol. The number of nitrogens with zero attached hydrogens (tertiary/aromatic N) is 1. The van der Waals surface area contributed by atoms with Gasteiger partial charge >= 0.3 is 0 Å². The van der Waals surface area contributed by atoms with Gasteiger partial charge in [0, 0.05) is 28.6 Å². The van der Waals surface area contributed by atoms with Gasteiger partial charge in [0.2, 0.25) is 0 Å². The van der Waals surface area contributed by atoms with Crippen molar-refractivity contribution >= 4 is 125 Å². The van der Waals surface area contributed by atoms with Gasteiger partial charge in [0.05, 0.1) is 0 Å². The smallest absolute Gasteiger partial charge is 0.258 e. The molecule has 0 N–H and O–H groups in total. The second kappa shape index (κ2) is 11.9. The first kappa shape index (κ1) is 34.8. The van der Waals surface area contributed by atoms with Crippen molar-refractivity contribution in [3.63, 3.8) is 0 Å². The lowest BCUT2D eigenvalue weighted by Crippen LogP contribution is -2.30. The Morgan fingerprint density at radius 1 is 0.288 bits per heavy atom. The van der Waals surface area contributed by atoms with Gasteiger partial charge in [-0.3, -0.25) is 4.79 Å². The van der Waals surface area contributed by atoms with Gasteiger partial charge in [-0.05, 0) is 153 Å². The van der Waals surface area contributed by atoms with Crippen molar-refractivity contribution in [2.24, 2.45) is 7.05 Å². The van der Waals surface area contributed by atoms with Gasteiger partial charge in [-0.2, -0.15) is 0 Å². The molecule has 0 amide bonds. The van der Waals surface area contributed by atoms with Gasteiger partial charge < -0.3 is 4.57 Å². The standard InChI is InChI=1S/C64H35NO/c1-33-36-21-22-41-42-23-24-43-46-27-30-49-59-50(31-28-47(58(46)59)44-25-26-45(56(42)57(43)44)48-29-32-51(54(36)55(41)48)64(66)65(33)2)63-53(35-15-7-4-8-16-35)61-40-20-12-10-18-38(40)37-17-9-11-19-39(37)60(61)52(62(49)63)34-13-5-3-6-14-34/h3-32H,1H2,2H3. The molecule has 302 valence electrons. The fourth-order valence-corrected chi connectivity index (χ4v) is 13.1. The summed E-state index contributed by atoms with van der Waals surface area (Å²) in [5.74, 6) is 0. The summed E-state index contributed by atoms with van der Waals surface area (Å²) in [4.78, 5) is 13.7. The third-order valence-corrected chi connectivity index (χ3v) is 15.7. The van der Waals surface area contributed by atoms with Crippen molar-refractivity contribution in [2.75, 3.05) is 0 Å². The van der Waals surface area contributed by atoms with Gasteiger partial charge in [-0.15, -0.1) is 0 Å². The van der Waals surface area contributed by atoms with Crippen LogP contribution in [0.15, 0.2) is 187 Å². The zero-order chi connectivity index (χ0) is 43.3. The Bertz CT molecular complexity index is 4540. The molecule has 0 fully saturated rings. The van der Waals surface area contributed by atoms with Crippen LogP contribution >= 0.6 is 0 Å². The molecular weight excluding hydrogens is 799 g/mol. The third-order valence-electron chi connectivity index (χ3n) is 15.7. The fraction of sp³-hybridized carbons (Fsp3) is 0.0156. The lowest BCUT2D eigenvalue weighted by molar-refractivity contribution is 0.849. The van der Waals surface area contributed by atoms with Gasteiger partial charge in [0.25, 0.3) is 5.56 Å². The van der Waals surface area contributed by atoms with E-state index in [2.05, 4.69) is 183 Å². The summed E-state index contributed by atoms with van der Waals surface area (Å²) in [7, 11) is 1.82. The molecule has 0 radical (unpaired) electrons. The van der Waals surface area contributed by atoms with Gasteiger partial charge in [-0.1, -0.05) is 183 Å². The Morgan fingerprint density at radius 2 is 0.591 bits per heavy atom. The van der Waals surface area contributed by atoms with Crippen LogP contribution in [0.25, 0.3) is 170 Å². The predicted octanol–water partition coefficient (Wildman–Crippen LogP) is 16.1. The number of rotatable bonds is 2. The molecular formula is C64H35NO. The van der Waals surface area contributed by atoms with Crippen molar-refractivity contribution in [2.45, 2.75) is 0 Å². The molecule has 14 aromatic carbocycles. The van der Waals surface area contributed by atoms with E-state index in [1.54, 1.807) is 4.57 Å². The summed E-state index contributed by atoms with van der Waals surface area (Å²) in [6.07, 6.45) is 0. The van der Waals surface area contributed by atoms with Crippen molar-refractivity contribution in [3.8, 4) is 44.5 Å².